The van der Waals surface area contributed by atoms with Crippen molar-refractivity contribution in [3.8, 4) is 0 Å². The van der Waals surface area contributed by atoms with E-state index in [2.05, 4.69) is 48.5 Å². The highest BCUT2D eigenvalue weighted by Crippen LogP contribution is 2.16. The standard InChI is InChI=1S/C13H27N5/c1-6-11(7-2)13(17(3)4)9-14-8-12-10-18(5)16-15-12/h10-11,13-14H,6-9H2,1-5H3. The van der Waals surface area contributed by atoms with Crippen molar-refractivity contribution in [2.45, 2.75) is 39.3 Å². The minimum Gasteiger partial charge on any atom is -0.309 e. The summed E-state index contributed by atoms with van der Waals surface area (Å²) in [5, 5.41) is 11.5. The first kappa shape index (κ1) is 15.1. The summed E-state index contributed by atoms with van der Waals surface area (Å²) in [5.74, 6) is 0.745. The van der Waals surface area contributed by atoms with Gasteiger partial charge in [0, 0.05) is 32.4 Å². The van der Waals surface area contributed by atoms with E-state index in [0.717, 1.165) is 24.7 Å². The molecular formula is C13H27N5. The molecule has 1 N–H and O–H groups in total. The third-order valence-corrected chi connectivity index (χ3v) is 3.57. The first-order valence-corrected chi connectivity index (χ1v) is 6.80. The van der Waals surface area contributed by atoms with Crippen molar-refractivity contribution >= 4 is 0 Å². The second-order valence-corrected chi connectivity index (χ2v) is 5.12. The normalized spacial score (nSPS) is 13.5. The molecule has 0 spiro atoms. The molecule has 1 atom stereocenters. The second-order valence-electron chi connectivity index (χ2n) is 5.12. The van der Waals surface area contributed by atoms with Crippen LogP contribution in [0.3, 0.4) is 0 Å². The van der Waals surface area contributed by atoms with Crippen LogP contribution in [0.5, 0.6) is 0 Å². The highest BCUT2D eigenvalue weighted by Gasteiger charge is 2.20. The number of rotatable bonds is 8. The Labute approximate surface area is 111 Å². The molecule has 0 bridgehead atoms. The molecule has 1 aromatic rings. The van der Waals surface area contributed by atoms with Crippen molar-refractivity contribution in [3.63, 3.8) is 0 Å². The molecule has 1 heterocycles. The highest BCUT2D eigenvalue weighted by atomic mass is 15.4. The molecule has 18 heavy (non-hydrogen) atoms. The summed E-state index contributed by atoms with van der Waals surface area (Å²) in [6, 6.07) is 0.580. The number of hydrogen-bond donors (Lipinski definition) is 1. The maximum absolute atomic E-state index is 4.08. The van der Waals surface area contributed by atoms with Crippen LogP contribution in [-0.2, 0) is 13.6 Å². The largest absolute Gasteiger partial charge is 0.309 e. The van der Waals surface area contributed by atoms with Gasteiger partial charge in [-0.15, -0.1) is 5.10 Å². The fourth-order valence-corrected chi connectivity index (χ4v) is 2.43. The molecule has 1 aromatic heterocycles. The van der Waals surface area contributed by atoms with E-state index in [4.69, 9.17) is 0 Å². The summed E-state index contributed by atoms with van der Waals surface area (Å²) in [4.78, 5) is 2.32. The van der Waals surface area contributed by atoms with E-state index >= 15 is 0 Å². The zero-order valence-corrected chi connectivity index (χ0v) is 12.3. The van der Waals surface area contributed by atoms with Gasteiger partial charge in [-0.05, 0) is 20.0 Å². The number of hydrogen-bond acceptors (Lipinski definition) is 4. The Balaban J connectivity index is 2.42. The zero-order valence-electron chi connectivity index (χ0n) is 12.3. The van der Waals surface area contributed by atoms with Crippen molar-refractivity contribution in [2.75, 3.05) is 20.6 Å². The van der Waals surface area contributed by atoms with Crippen molar-refractivity contribution in [3.05, 3.63) is 11.9 Å². The van der Waals surface area contributed by atoms with Crippen LogP contribution >= 0.6 is 0 Å². The van der Waals surface area contributed by atoms with E-state index < -0.39 is 0 Å². The highest BCUT2D eigenvalue weighted by molar-refractivity contribution is 4.91. The average Bonchev–Trinajstić information content (AvgIpc) is 2.74. The Morgan fingerprint density at radius 3 is 2.44 bits per heavy atom. The lowest BCUT2D eigenvalue weighted by Gasteiger charge is -2.31. The van der Waals surface area contributed by atoms with Crippen LogP contribution in [0.2, 0.25) is 0 Å². The van der Waals surface area contributed by atoms with Crippen LogP contribution < -0.4 is 5.32 Å². The number of nitrogens with zero attached hydrogens (tertiary/aromatic N) is 4. The minimum absolute atomic E-state index is 0.580. The van der Waals surface area contributed by atoms with E-state index in [1.165, 1.54) is 12.8 Å². The molecule has 0 aliphatic carbocycles. The Morgan fingerprint density at radius 1 is 1.33 bits per heavy atom. The lowest BCUT2D eigenvalue weighted by Crippen LogP contribution is -2.42. The first-order valence-electron chi connectivity index (χ1n) is 6.80. The quantitative estimate of drug-likeness (QED) is 0.758. The van der Waals surface area contributed by atoms with Gasteiger partial charge in [-0.1, -0.05) is 31.9 Å². The fourth-order valence-electron chi connectivity index (χ4n) is 2.43. The van der Waals surface area contributed by atoms with E-state index in [9.17, 15) is 0 Å². The molecule has 5 nitrogen and oxygen atoms in total. The molecule has 0 aliphatic rings. The van der Waals surface area contributed by atoms with Crippen molar-refractivity contribution in [1.29, 1.82) is 0 Å². The monoisotopic (exact) mass is 253 g/mol. The van der Waals surface area contributed by atoms with Gasteiger partial charge in [0.15, 0.2) is 0 Å². The van der Waals surface area contributed by atoms with Gasteiger partial charge in [0.2, 0.25) is 0 Å². The fraction of sp³-hybridized carbons (Fsp3) is 0.846. The predicted octanol–water partition coefficient (Wildman–Crippen LogP) is 1.27. The zero-order chi connectivity index (χ0) is 13.5. The van der Waals surface area contributed by atoms with Gasteiger partial charge < -0.3 is 10.2 Å². The molecule has 1 unspecified atom stereocenters. The topological polar surface area (TPSA) is 46.0 Å². The summed E-state index contributed by atoms with van der Waals surface area (Å²) in [5.41, 5.74) is 1.000. The molecule has 0 amide bonds. The number of aromatic nitrogens is 3. The number of aryl methyl sites for hydroxylation is 1. The van der Waals surface area contributed by atoms with E-state index in [1.807, 2.05) is 13.2 Å². The van der Waals surface area contributed by atoms with Gasteiger partial charge in [0.1, 0.15) is 0 Å². The van der Waals surface area contributed by atoms with Gasteiger partial charge >= 0.3 is 0 Å². The molecule has 0 aromatic carbocycles. The van der Waals surface area contributed by atoms with Gasteiger partial charge in [0.05, 0.1) is 5.69 Å². The molecule has 0 fully saturated rings. The van der Waals surface area contributed by atoms with Crippen LogP contribution in [-0.4, -0.2) is 46.6 Å². The maximum atomic E-state index is 4.08. The second kappa shape index (κ2) is 7.48. The van der Waals surface area contributed by atoms with Gasteiger partial charge in [-0.25, -0.2) is 0 Å². The Kier molecular flexibility index (Phi) is 6.29. The molecule has 0 radical (unpaired) electrons. The summed E-state index contributed by atoms with van der Waals surface area (Å²) in [6.07, 6.45) is 4.41. The number of likely N-dealkylation sites (N-methyl/N-ethyl adjacent to an activating group) is 1. The lowest BCUT2D eigenvalue weighted by molar-refractivity contribution is 0.193. The van der Waals surface area contributed by atoms with Crippen LogP contribution in [0.15, 0.2) is 6.20 Å². The third-order valence-electron chi connectivity index (χ3n) is 3.57. The predicted molar refractivity (Wildman–Crippen MR) is 74.3 cm³/mol. The number of nitrogens with one attached hydrogen (secondary N) is 1. The molecule has 0 saturated carbocycles. The van der Waals surface area contributed by atoms with E-state index in [-0.39, 0.29) is 0 Å². The molecule has 5 heteroatoms. The summed E-state index contributed by atoms with van der Waals surface area (Å²) in [6.45, 7) is 6.33. The van der Waals surface area contributed by atoms with Gasteiger partial charge in [-0.3, -0.25) is 4.68 Å². The van der Waals surface area contributed by atoms with Crippen LogP contribution in [0, 0.1) is 5.92 Å². The SMILES string of the molecule is CCC(CC)C(CNCc1cn(C)nn1)N(C)C. The van der Waals surface area contributed by atoms with Crippen LogP contribution in [0.1, 0.15) is 32.4 Å². The Hall–Kier alpha value is -0.940. The van der Waals surface area contributed by atoms with Gasteiger partial charge in [-0.2, -0.15) is 0 Å². The van der Waals surface area contributed by atoms with Gasteiger partial charge in [0.25, 0.3) is 0 Å². The Bertz CT molecular complexity index is 330. The third kappa shape index (κ3) is 4.38. The van der Waals surface area contributed by atoms with Crippen molar-refractivity contribution in [1.82, 2.24) is 25.2 Å². The van der Waals surface area contributed by atoms with E-state index in [0.29, 0.717) is 6.04 Å². The first-order chi connectivity index (χ1) is 8.58. The molecule has 0 aliphatic heterocycles. The van der Waals surface area contributed by atoms with Crippen LogP contribution in [0.4, 0.5) is 0 Å². The van der Waals surface area contributed by atoms with Crippen molar-refractivity contribution < 1.29 is 0 Å². The Morgan fingerprint density at radius 2 is 2.00 bits per heavy atom. The maximum Gasteiger partial charge on any atom is 0.0964 e. The summed E-state index contributed by atoms with van der Waals surface area (Å²) in [7, 11) is 6.21. The lowest BCUT2D eigenvalue weighted by atomic mass is 9.93. The van der Waals surface area contributed by atoms with Crippen molar-refractivity contribution in [2.24, 2.45) is 13.0 Å². The van der Waals surface area contributed by atoms with Crippen LogP contribution in [0.25, 0.3) is 0 Å². The molecule has 104 valence electrons. The van der Waals surface area contributed by atoms with E-state index in [1.54, 1.807) is 4.68 Å². The summed E-state index contributed by atoms with van der Waals surface area (Å²) < 4.78 is 1.74. The molecule has 1 rings (SSSR count). The summed E-state index contributed by atoms with van der Waals surface area (Å²) >= 11 is 0. The average molecular weight is 253 g/mol. The molecule has 0 saturated heterocycles. The minimum atomic E-state index is 0.580. The smallest absolute Gasteiger partial charge is 0.0964 e. The molecular weight excluding hydrogens is 226 g/mol.